The molecule has 6 heteroatoms. The number of hydrazone groups is 1. The summed E-state index contributed by atoms with van der Waals surface area (Å²) >= 11 is 6.07. The number of amides is 2. The van der Waals surface area contributed by atoms with Crippen LogP contribution < -0.4 is 10.7 Å². The van der Waals surface area contributed by atoms with E-state index in [0.29, 0.717) is 17.2 Å². The van der Waals surface area contributed by atoms with Crippen molar-refractivity contribution in [3.05, 3.63) is 34.9 Å². The van der Waals surface area contributed by atoms with Gasteiger partial charge in [-0.25, -0.2) is 5.43 Å². The average Bonchev–Trinajstić information content (AvgIpc) is 2.39. The van der Waals surface area contributed by atoms with Gasteiger partial charge in [0.1, 0.15) is 5.71 Å². The van der Waals surface area contributed by atoms with E-state index in [9.17, 15) is 9.59 Å². The van der Waals surface area contributed by atoms with Gasteiger partial charge >= 0.3 is 0 Å². The van der Waals surface area contributed by atoms with Crippen molar-refractivity contribution in [3.63, 3.8) is 0 Å². The van der Waals surface area contributed by atoms with E-state index < -0.39 is 0 Å². The van der Waals surface area contributed by atoms with Crippen LogP contribution in [0.3, 0.4) is 0 Å². The molecule has 1 unspecified atom stereocenters. The minimum atomic E-state index is -0.285. The Morgan fingerprint density at radius 2 is 2.16 bits per heavy atom. The number of hydrogen-bond acceptors (Lipinski definition) is 3. The van der Waals surface area contributed by atoms with Gasteiger partial charge in [-0.2, -0.15) is 5.10 Å². The molecular weight excluding hydrogens is 266 g/mol. The van der Waals surface area contributed by atoms with Crippen molar-refractivity contribution in [1.82, 2.24) is 10.7 Å². The smallest absolute Gasteiger partial charge is 0.267 e. The van der Waals surface area contributed by atoms with E-state index in [0.717, 1.165) is 5.56 Å². The maximum absolute atomic E-state index is 12.0. The van der Waals surface area contributed by atoms with Crippen LogP contribution in [0.1, 0.15) is 31.4 Å². The summed E-state index contributed by atoms with van der Waals surface area (Å²) in [6, 6.07) is 7.11. The second-order valence-electron chi connectivity index (χ2n) is 4.31. The number of carbonyl (C=O) groups excluding carboxylic acids is 2. The second kappa shape index (κ2) is 5.84. The molecule has 100 valence electrons. The molecule has 1 aliphatic rings. The fourth-order valence-corrected chi connectivity index (χ4v) is 2.12. The number of carbonyl (C=O) groups is 2. The van der Waals surface area contributed by atoms with Crippen molar-refractivity contribution in [2.45, 2.75) is 25.8 Å². The predicted octanol–water partition coefficient (Wildman–Crippen LogP) is 1.78. The first-order valence-corrected chi connectivity index (χ1v) is 6.36. The highest BCUT2D eigenvalue weighted by molar-refractivity contribution is 6.39. The lowest BCUT2D eigenvalue weighted by Gasteiger charge is -2.17. The van der Waals surface area contributed by atoms with E-state index in [-0.39, 0.29) is 24.3 Å². The Morgan fingerprint density at radius 1 is 1.42 bits per heavy atom. The molecule has 1 atom stereocenters. The highest BCUT2D eigenvalue weighted by Crippen LogP contribution is 2.22. The van der Waals surface area contributed by atoms with Gasteiger partial charge in [-0.3, -0.25) is 9.59 Å². The summed E-state index contributed by atoms with van der Waals surface area (Å²) in [4.78, 5) is 22.9. The second-order valence-corrected chi connectivity index (χ2v) is 4.72. The molecule has 1 heterocycles. The molecular formula is C13H14ClN3O2. The summed E-state index contributed by atoms with van der Waals surface area (Å²) in [5, 5.41) is 7.17. The first kappa shape index (κ1) is 13.5. The van der Waals surface area contributed by atoms with E-state index in [1.807, 2.05) is 25.1 Å². The van der Waals surface area contributed by atoms with Crippen molar-refractivity contribution in [3.8, 4) is 0 Å². The minimum absolute atomic E-state index is 0.171. The largest absolute Gasteiger partial charge is 0.344 e. The Labute approximate surface area is 116 Å². The summed E-state index contributed by atoms with van der Waals surface area (Å²) in [6.07, 6.45) is 0.639. The van der Waals surface area contributed by atoms with Crippen LogP contribution >= 0.6 is 11.6 Å². The topological polar surface area (TPSA) is 70.6 Å². The van der Waals surface area contributed by atoms with E-state index in [1.54, 1.807) is 6.07 Å². The molecule has 5 nitrogen and oxygen atoms in total. The quantitative estimate of drug-likeness (QED) is 0.885. The lowest BCUT2D eigenvalue weighted by Crippen LogP contribution is -2.38. The van der Waals surface area contributed by atoms with Crippen LogP contribution in [0.5, 0.6) is 0 Å². The van der Waals surface area contributed by atoms with Crippen LogP contribution in [-0.2, 0) is 9.59 Å². The number of hydrogen-bond donors (Lipinski definition) is 2. The monoisotopic (exact) mass is 279 g/mol. The van der Waals surface area contributed by atoms with Gasteiger partial charge in [0.2, 0.25) is 5.91 Å². The Balaban J connectivity index is 2.03. The maximum atomic E-state index is 12.0. The normalized spacial score (nSPS) is 16.3. The summed E-state index contributed by atoms with van der Waals surface area (Å²) in [5.41, 5.74) is 3.48. The zero-order valence-electron chi connectivity index (χ0n) is 10.4. The van der Waals surface area contributed by atoms with Crippen LogP contribution in [0, 0.1) is 0 Å². The first-order valence-electron chi connectivity index (χ1n) is 5.98. The number of nitrogens with zero attached hydrogens (tertiary/aromatic N) is 1. The highest BCUT2D eigenvalue weighted by Gasteiger charge is 2.20. The van der Waals surface area contributed by atoms with Crippen molar-refractivity contribution in [2.75, 3.05) is 0 Å². The molecule has 2 N–H and O–H groups in total. The summed E-state index contributed by atoms with van der Waals surface area (Å²) in [5.74, 6) is -0.455. The van der Waals surface area contributed by atoms with E-state index in [2.05, 4.69) is 15.8 Å². The zero-order chi connectivity index (χ0) is 13.8. The number of nitrogens with one attached hydrogen (secondary N) is 2. The molecule has 0 saturated carbocycles. The Kier molecular flexibility index (Phi) is 4.16. The fraction of sp³-hybridized carbons (Fsp3) is 0.308. The van der Waals surface area contributed by atoms with Gasteiger partial charge in [-0.15, -0.1) is 0 Å². The molecule has 1 aromatic rings. The fourth-order valence-electron chi connectivity index (χ4n) is 1.82. The van der Waals surface area contributed by atoms with Crippen LogP contribution in [-0.4, -0.2) is 17.5 Å². The predicted molar refractivity (Wildman–Crippen MR) is 72.8 cm³/mol. The van der Waals surface area contributed by atoms with Gasteiger partial charge in [-0.1, -0.05) is 29.8 Å². The highest BCUT2D eigenvalue weighted by atomic mass is 35.5. The van der Waals surface area contributed by atoms with Crippen LogP contribution in [0.25, 0.3) is 0 Å². The van der Waals surface area contributed by atoms with E-state index in [4.69, 9.17) is 11.6 Å². The van der Waals surface area contributed by atoms with Gasteiger partial charge in [-0.05, 0) is 18.6 Å². The molecule has 19 heavy (non-hydrogen) atoms. The molecule has 0 bridgehead atoms. The molecule has 0 aromatic heterocycles. The SMILES string of the molecule is CC(NC(=O)C1=NNC(=O)CC1)c1ccccc1Cl. The van der Waals surface area contributed by atoms with E-state index >= 15 is 0 Å². The molecule has 0 aliphatic carbocycles. The zero-order valence-corrected chi connectivity index (χ0v) is 11.2. The van der Waals surface area contributed by atoms with Gasteiger partial charge < -0.3 is 5.32 Å². The summed E-state index contributed by atoms with van der Waals surface area (Å²) in [6.45, 7) is 1.85. The molecule has 0 saturated heterocycles. The number of halogens is 1. The summed E-state index contributed by atoms with van der Waals surface area (Å²) < 4.78 is 0. The van der Waals surface area contributed by atoms with E-state index in [1.165, 1.54) is 0 Å². The van der Waals surface area contributed by atoms with Gasteiger partial charge in [0.05, 0.1) is 6.04 Å². The summed E-state index contributed by atoms with van der Waals surface area (Å²) in [7, 11) is 0. The third-order valence-corrected chi connectivity index (χ3v) is 3.23. The van der Waals surface area contributed by atoms with Crippen molar-refractivity contribution in [1.29, 1.82) is 0 Å². The van der Waals surface area contributed by atoms with Crippen molar-refractivity contribution >= 4 is 29.1 Å². The number of benzene rings is 1. The van der Waals surface area contributed by atoms with Gasteiger partial charge in [0.15, 0.2) is 0 Å². The van der Waals surface area contributed by atoms with Gasteiger partial charge in [0.25, 0.3) is 5.91 Å². The number of rotatable bonds is 3. The van der Waals surface area contributed by atoms with Crippen LogP contribution in [0.4, 0.5) is 0 Å². The van der Waals surface area contributed by atoms with Gasteiger partial charge in [0, 0.05) is 17.9 Å². The molecule has 0 spiro atoms. The average molecular weight is 280 g/mol. The molecule has 1 aliphatic heterocycles. The Morgan fingerprint density at radius 3 is 2.79 bits per heavy atom. The third-order valence-electron chi connectivity index (χ3n) is 2.89. The van der Waals surface area contributed by atoms with Crippen LogP contribution in [0.2, 0.25) is 5.02 Å². The molecule has 0 fully saturated rings. The molecule has 1 aromatic carbocycles. The first-order chi connectivity index (χ1) is 9.08. The van der Waals surface area contributed by atoms with Crippen molar-refractivity contribution < 1.29 is 9.59 Å². The third kappa shape index (κ3) is 3.32. The maximum Gasteiger partial charge on any atom is 0.267 e. The Bertz CT molecular complexity index is 542. The van der Waals surface area contributed by atoms with Crippen LogP contribution in [0.15, 0.2) is 29.4 Å². The molecule has 2 rings (SSSR count). The minimum Gasteiger partial charge on any atom is -0.344 e. The van der Waals surface area contributed by atoms with Crippen molar-refractivity contribution in [2.24, 2.45) is 5.10 Å². The molecule has 2 amide bonds. The molecule has 0 radical (unpaired) electrons. The standard InChI is InChI=1S/C13H14ClN3O2/c1-8(9-4-2-3-5-10(9)14)15-13(19)11-6-7-12(18)17-16-11/h2-5,8H,6-7H2,1H3,(H,15,19)(H,17,18). The lowest BCUT2D eigenvalue weighted by atomic mass is 10.1. The lowest BCUT2D eigenvalue weighted by molar-refractivity contribution is -0.121. The Hall–Kier alpha value is -1.88.